The van der Waals surface area contributed by atoms with E-state index in [-0.39, 0.29) is 6.10 Å². The van der Waals surface area contributed by atoms with Crippen molar-refractivity contribution in [1.82, 2.24) is 19.3 Å². The van der Waals surface area contributed by atoms with Gasteiger partial charge in [0.15, 0.2) is 0 Å². The van der Waals surface area contributed by atoms with Crippen molar-refractivity contribution >= 4 is 33.5 Å². The van der Waals surface area contributed by atoms with E-state index in [4.69, 9.17) is 4.74 Å². The molecular formula is C27H28N6O3S. The van der Waals surface area contributed by atoms with Crippen molar-refractivity contribution in [1.29, 1.82) is 5.26 Å². The van der Waals surface area contributed by atoms with Crippen LogP contribution in [0.5, 0.6) is 0 Å². The van der Waals surface area contributed by atoms with Crippen molar-refractivity contribution in [2.24, 2.45) is 5.92 Å². The third kappa shape index (κ3) is 5.57. The van der Waals surface area contributed by atoms with Gasteiger partial charge in [0.05, 0.1) is 40.2 Å². The monoisotopic (exact) mass is 516 g/mol. The predicted octanol–water partition coefficient (Wildman–Crippen LogP) is 4.95. The Labute approximate surface area is 217 Å². The van der Waals surface area contributed by atoms with Crippen molar-refractivity contribution in [3.63, 3.8) is 0 Å². The Morgan fingerprint density at radius 1 is 1.24 bits per heavy atom. The summed E-state index contributed by atoms with van der Waals surface area (Å²) in [5, 5.41) is 17.8. The normalized spacial score (nSPS) is 14.0. The van der Waals surface area contributed by atoms with Gasteiger partial charge in [-0.3, -0.25) is 14.2 Å². The van der Waals surface area contributed by atoms with E-state index < -0.39 is 16.9 Å². The Bertz CT molecular complexity index is 1480. The molecule has 0 saturated heterocycles. The van der Waals surface area contributed by atoms with Crippen LogP contribution < -0.4 is 5.32 Å². The highest BCUT2D eigenvalue weighted by Gasteiger charge is 2.27. The van der Waals surface area contributed by atoms with Crippen LogP contribution in [0.25, 0.3) is 22.2 Å². The third-order valence-corrected chi connectivity index (χ3v) is 7.60. The Hall–Kier alpha value is -3.97. The zero-order valence-electron chi connectivity index (χ0n) is 20.8. The number of amides is 1. The topological polar surface area (TPSA) is 115 Å². The van der Waals surface area contributed by atoms with Crippen LogP contribution >= 0.6 is 0 Å². The number of aromatic nitrogens is 4. The minimum Gasteiger partial charge on any atom is -0.447 e. The van der Waals surface area contributed by atoms with E-state index in [0.29, 0.717) is 29.5 Å². The molecule has 1 fully saturated rings. The molecular weight excluding hydrogens is 488 g/mol. The summed E-state index contributed by atoms with van der Waals surface area (Å²) in [6.45, 7) is 4.89. The van der Waals surface area contributed by atoms with E-state index in [1.165, 1.54) is 6.33 Å². The summed E-state index contributed by atoms with van der Waals surface area (Å²) in [6, 6.07) is 15.5. The first-order valence-corrected chi connectivity index (χ1v) is 13.6. The molecule has 2 aromatic heterocycles. The molecule has 1 amide bonds. The van der Waals surface area contributed by atoms with E-state index in [1.54, 1.807) is 24.9 Å². The van der Waals surface area contributed by atoms with Gasteiger partial charge in [-0.05, 0) is 62.4 Å². The number of aryl methyl sites for hydroxylation is 1. The fourth-order valence-corrected chi connectivity index (χ4v) is 5.40. The van der Waals surface area contributed by atoms with Crippen LogP contribution in [0.2, 0.25) is 0 Å². The Balaban J connectivity index is 1.49. The standard InChI is InChI=1S/C27H28N6O3S/c1-18(2)36-27(34)31-21-7-5-20(6-8-21)26-24(14-28)23-10-9-22(13-25(23)33(26)15-19-3-4-19)37(35)12-11-32-17-29-16-30-32/h5-10,13,16-19H,3-4,11-12,15H2,1-2H3,(H,31,34). The van der Waals surface area contributed by atoms with Crippen LogP contribution in [0.3, 0.4) is 0 Å². The van der Waals surface area contributed by atoms with Gasteiger partial charge in [0.1, 0.15) is 18.7 Å². The van der Waals surface area contributed by atoms with E-state index in [1.807, 2.05) is 42.5 Å². The number of hydrogen-bond acceptors (Lipinski definition) is 6. The second-order valence-electron chi connectivity index (χ2n) is 9.43. The molecule has 5 rings (SSSR count). The van der Waals surface area contributed by atoms with Gasteiger partial charge in [0, 0.05) is 28.3 Å². The van der Waals surface area contributed by atoms with Gasteiger partial charge in [-0.25, -0.2) is 9.78 Å². The van der Waals surface area contributed by atoms with E-state index in [0.717, 1.165) is 46.4 Å². The largest absolute Gasteiger partial charge is 0.447 e. The van der Waals surface area contributed by atoms with Crippen LogP contribution in [-0.2, 0) is 28.6 Å². The summed E-state index contributed by atoms with van der Waals surface area (Å²) >= 11 is 0. The molecule has 2 aromatic carbocycles. The van der Waals surface area contributed by atoms with Crippen molar-refractivity contribution < 1.29 is 13.7 Å². The van der Waals surface area contributed by atoms with Crippen LogP contribution in [-0.4, -0.2) is 41.5 Å². The molecule has 0 radical (unpaired) electrons. The summed E-state index contributed by atoms with van der Waals surface area (Å²) in [7, 11) is -1.22. The lowest BCUT2D eigenvalue weighted by atomic mass is 10.1. The first-order valence-electron chi connectivity index (χ1n) is 12.3. The maximum Gasteiger partial charge on any atom is 0.411 e. The lowest BCUT2D eigenvalue weighted by Crippen LogP contribution is -2.17. The number of rotatable bonds is 9. The molecule has 9 nitrogen and oxygen atoms in total. The van der Waals surface area contributed by atoms with Gasteiger partial charge < -0.3 is 9.30 Å². The Morgan fingerprint density at radius 2 is 2.03 bits per heavy atom. The minimum absolute atomic E-state index is 0.211. The third-order valence-electron chi connectivity index (χ3n) is 6.27. The average molecular weight is 517 g/mol. The van der Waals surface area contributed by atoms with Crippen LogP contribution in [0, 0.1) is 17.2 Å². The van der Waals surface area contributed by atoms with E-state index in [2.05, 4.69) is 26.0 Å². The van der Waals surface area contributed by atoms with Gasteiger partial charge in [-0.1, -0.05) is 18.2 Å². The average Bonchev–Trinajstić information content (AvgIpc) is 3.44. The van der Waals surface area contributed by atoms with Gasteiger partial charge in [-0.2, -0.15) is 10.4 Å². The van der Waals surface area contributed by atoms with Crippen LogP contribution in [0.15, 0.2) is 60.0 Å². The zero-order chi connectivity index (χ0) is 25.9. The lowest BCUT2D eigenvalue weighted by Gasteiger charge is -2.13. The molecule has 1 aliphatic carbocycles. The van der Waals surface area contributed by atoms with Gasteiger partial charge in [0.25, 0.3) is 0 Å². The van der Waals surface area contributed by atoms with Crippen LogP contribution in [0.1, 0.15) is 32.3 Å². The fourth-order valence-electron chi connectivity index (χ4n) is 4.35. The number of fused-ring (bicyclic) bond motifs is 1. The SMILES string of the molecule is CC(C)OC(=O)Nc1ccc(-c2c(C#N)c3ccc(S(=O)CCn4cncn4)cc3n2CC2CC2)cc1. The fraction of sp³-hybridized carbons (Fsp3) is 0.333. The van der Waals surface area contributed by atoms with E-state index in [9.17, 15) is 14.3 Å². The van der Waals surface area contributed by atoms with Gasteiger partial charge in [-0.15, -0.1) is 0 Å². The highest BCUT2D eigenvalue weighted by molar-refractivity contribution is 7.85. The number of nitrogens with one attached hydrogen (secondary N) is 1. The van der Waals surface area contributed by atoms with Crippen LogP contribution in [0.4, 0.5) is 10.5 Å². The molecule has 37 heavy (non-hydrogen) atoms. The van der Waals surface area contributed by atoms with Gasteiger partial charge in [0.2, 0.25) is 0 Å². The molecule has 0 aliphatic heterocycles. The minimum atomic E-state index is -1.22. The maximum absolute atomic E-state index is 13.1. The number of benzene rings is 2. The number of ether oxygens (including phenoxy) is 1. The predicted molar refractivity (Wildman–Crippen MR) is 141 cm³/mol. The number of nitrogens with zero attached hydrogens (tertiary/aromatic N) is 5. The molecule has 1 unspecified atom stereocenters. The van der Waals surface area contributed by atoms with Crippen molar-refractivity contribution in [2.45, 2.75) is 50.8 Å². The second-order valence-corrected chi connectivity index (χ2v) is 11.0. The number of nitriles is 1. The molecule has 1 saturated carbocycles. The molecule has 10 heteroatoms. The zero-order valence-corrected chi connectivity index (χ0v) is 21.6. The van der Waals surface area contributed by atoms with Gasteiger partial charge >= 0.3 is 6.09 Å². The summed E-state index contributed by atoms with van der Waals surface area (Å²) < 4.78 is 22.1. The molecule has 4 aromatic rings. The highest BCUT2D eigenvalue weighted by atomic mass is 32.2. The quantitative estimate of drug-likeness (QED) is 0.337. The number of carbonyl (C=O) groups excluding carboxylic acids is 1. The first-order chi connectivity index (χ1) is 17.9. The smallest absolute Gasteiger partial charge is 0.411 e. The summed E-state index contributed by atoms with van der Waals surface area (Å²) in [4.78, 5) is 16.6. The molecule has 0 spiro atoms. The Morgan fingerprint density at radius 3 is 2.68 bits per heavy atom. The molecule has 0 bridgehead atoms. The highest BCUT2D eigenvalue weighted by Crippen LogP contribution is 2.39. The number of hydrogen-bond donors (Lipinski definition) is 1. The van der Waals surface area contributed by atoms with Crippen molar-refractivity contribution in [3.05, 3.63) is 60.7 Å². The number of anilines is 1. The van der Waals surface area contributed by atoms with E-state index >= 15 is 0 Å². The molecule has 1 N–H and O–H groups in total. The van der Waals surface area contributed by atoms with Crippen molar-refractivity contribution in [3.8, 4) is 17.3 Å². The summed E-state index contributed by atoms with van der Waals surface area (Å²) in [6.07, 6.45) is 4.67. The molecule has 1 atom stereocenters. The molecule has 190 valence electrons. The Kier molecular flexibility index (Phi) is 7.06. The second kappa shape index (κ2) is 10.6. The molecule has 2 heterocycles. The van der Waals surface area contributed by atoms with Crippen molar-refractivity contribution in [2.75, 3.05) is 11.1 Å². The summed E-state index contributed by atoms with van der Waals surface area (Å²) in [5.74, 6) is 0.984. The lowest BCUT2D eigenvalue weighted by molar-refractivity contribution is 0.130. The molecule has 1 aliphatic rings. The maximum atomic E-state index is 13.1. The number of carbonyl (C=O) groups is 1. The summed E-state index contributed by atoms with van der Waals surface area (Å²) in [5.41, 5.74) is 3.84. The first kappa shape index (κ1) is 24.7.